The Morgan fingerprint density at radius 2 is 1.70 bits per heavy atom. The van der Waals surface area contributed by atoms with Crippen molar-refractivity contribution in [3.63, 3.8) is 0 Å². The van der Waals surface area contributed by atoms with E-state index in [-0.39, 0.29) is 41.3 Å². The molecule has 7 rings (SSSR count). The summed E-state index contributed by atoms with van der Waals surface area (Å²) in [5.41, 5.74) is -0.261. The second-order valence-corrected chi connectivity index (χ2v) is 14.8. The van der Waals surface area contributed by atoms with Crippen LogP contribution in [0.4, 0.5) is 30.2 Å². The van der Waals surface area contributed by atoms with Gasteiger partial charge in [-0.05, 0) is 74.1 Å². The van der Waals surface area contributed by atoms with E-state index in [2.05, 4.69) is 46.9 Å². The average Bonchev–Trinajstić information content (AvgIpc) is 4.08. The van der Waals surface area contributed by atoms with Crippen LogP contribution in [0.15, 0.2) is 86.8 Å². The third kappa shape index (κ3) is 9.72. The van der Waals surface area contributed by atoms with Gasteiger partial charge in [0.2, 0.25) is 12.2 Å². The zero-order valence-corrected chi connectivity index (χ0v) is 30.9. The van der Waals surface area contributed by atoms with Crippen molar-refractivity contribution < 1.29 is 32.6 Å². The van der Waals surface area contributed by atoms with Crippen molar-refractivity contribution in [2.45, 2.75) is 62.7 Å². The predicted molar refractivity (Wildman–Crippen MR) is 205 cm³/mol. The van der Waals surface area contributed by atoms with E-state index >= 15 is 0 Å². The molecule has 300 valence electrons. The van der Waals surface area contributed by atoms with Crippen LogP contribution in [-0.4, -0.2) is 76.7 Å². The number of aliphatic carboxylic acids is 1. The largest absolute Gasteiger partial charge is 0.480 e. The summed E-state index contributed by atoms with van der Waals surface area (Å²) in [5, 5.41) is 27.6. The van der Waals surface area contributed by atoms with Gasteiger partial charge in [-0.2, -0.15) is 18.2 Å². The van der Waals surface area contributed by atoms with Crippen LogP contribution < -0.4 is 42.8 Å². The number of ether oxygens (including phenoxy) is 1. The minimum atomic E-state index is -4.61. The van der Waals surface area contributed by atoms with Gasteiger partial charge in [-0.15, -0.1) is 0 Å². The molecule has 1 amide bonds. The summed E-state index contributed by atoms with van der Waals surface area (Å²) >= 11 is 6.04. The Balaban J connectivity index is 0.933. The van der Waals surface area contributed by atoms with Gasteiger partial charge in [0.25, 0.3) is 22.8 Å². The van der Waals surface area contributed by atoms with E-state index in [0.29, 0.717) is 17.3 Å². The van der Waals surface area contributed by atoms with Crippen LogP contribution in [0.2, 0.25) is 5.02 Å². The van der Waals surface area contributed by atoms with Crippen molar-refractivity contribution >= 4 is 52.5 Å². The molecule has 1 aliphatic heterocycles. The first kappa shape index (κ1) is 39.3. The van der Waals surface area contributed by atoms with E-state index in [9.17, 15) is 37.5 Å². The Labute approximate surface area is 327 Å². The van der Waals surface area contributed by atoms with Crippen molar-refractivity contribution in [3.05, 3.63) is 104 Å². The van der Waals surface area contributed by atoms with Crippen molar-refractivity contribution in [1.29, 1.82) is 0 Å². The number of anilines is 3. The van der Waals surface area contributed by atoms with Crippen LogP contribution in [0.25, 0.3) is 0 Å². The van der Waals surface area contributed by atoms with E-state index in [0.717, 1.165) is 37.8 Å². The lowest BCUT2D eigenvalue weighted by molar-refractivity contribution is -0.156. The first-order valence-electron chi connectivity index (χ1n) is 18.0. The van der Waals surface area contributed by atoms with Gasteiger partial charge < -0.3 is 35.7 Å². The fourth-order valence-electron chi connectivity index (χ4n) is 6.46. The molecule has 20 heteroatoms. The Hall–Kier alpha value is -5.95. The molecular formula is C37H38ClF3N10O6. The second-order valence-electron chi connectivity index (χ2n) is 14.3. The number of amides is 1. The van der Waals surface area contributed by atoms with E-state index in [1.165, 1.54) is 24.3 Å². The lowest BCUT2D eigenvalue weighted by Gasteiger charge is -2.26. The number of guanidine groups is 1. The van der Waals surface area contributed by atoms with Crippen LogP contribution in [0.5, 0.6) is 0 Å². The molecule has 0 spiro atoms. The molecule has 0 saturated heterocycles. The molecule has 1 aromatic heterocycles. The monoisotopic (exact) mass is 810 g/mol. The molecule has 16 nitrogen and oxygen atoms in total. The lowest BCUT2D eigenvalue weighted by atomic mass is 10.1. The maximum absolute atomic E-state index is 13.1. The van der Waals surface area contributed by atoms with Gasteiger partial charge in [-0.3, -0.25) is 25.0 Å². The van der Waals surface area contributed by atoms with Gasteiger partial charge >= 0.3 is 12.1 Å². The van der Waals surface area contributed by atoms with Crippen LogP contribution in [0.1, 0.15) is 48.0 Å². The SMILES string of the molecule is O=C(N[C@@H](CCNc1c(NCC2(Cn3ccnc3)CC2)c(=O)c1=O)C(=O)O)c1ccc(NC2=NC(NC3(c4ccc(Cl)cc4)CC3)N=C(OCC(F)(F)F)N2)cc1. The number of aromatic nitrogens is 2. The number of carboxylic acids is 1. The van der Waals surface area contributed by atoms with Gasteiger partial charge in [-0.1, -0.05) is 23.7 Å². The number of hydrogen-bond donors (Lipinski definition) is 7. The molecular weight excluding hydrogens is 773 g/mol. The summed E-state index contributed by atoms with van der Waals surface area (Å²) in [7, 11) is 0. The molecule has 57 heavy (non-hydrogen) atoms. The van der Waals surface area contributed by atoms with Crippen LogP contribution in [0.3, 0.4) is 0 Å². The number of carbonyl (C=O) groups is 2. The average molecular weight is 811 g/mol. The highest BCUT2D eigenvalue weighted by molar-refractivity contribution is 6.30. The van der Waals surface area contributed by atoms with Gasteiger partial charge in [0.1, 0.15) is 17.4 Å². The van der Waals surface area contributed by atoms with Crippen LogP contribution in [-0.2, 0) is 21.6 Å². The Morgan fingerprint density at radius 1 is 1.00 bits per heavy atom. The first-order chi connectivity index (χ1) is 27.2. The summed E-state index contributed by atoms with van der Waals surface area (Å²) in [6, 6.07) is 11.3. The third-order valence-electron chi connectivity index (χ3n) is 9.97. The molecule has 3 aromatic carbocycles. The lowest BCUT2D eigenvalue weighted by Crippen LogP contribution is -2.48. The normalized spacial score (nSPS) is 18.4. The highest BCUT2D eigenvalue weighted by Gasteiger charge is 2.46. The standard InChI is InChI=1S/C37H38ClF3N10O6/c38-23-5-3-22(4-6-23)36(12-13-36)50-33-47-32(48-34(49-33)57-19-37(39,40)41)45-24-7-1-21(2-8-24)30(54)46-25(31(55)56)9-14-43-26-27(29(53)28(26)52)44-17-35(10-11-35)18-51-16-15-42-20-51/h1-8,15-16,20,25,33,43-44,50H,9-14,17-19H2,(H,46,54)(H,55,56)(H2,45,47,48,49)/t25-,33?/m0/s1. The van der Waals surface area contributed by atoms with Crippen molar-refractivity contribution in [2.24, 2.45) is 15.4 Å². The Morgan fingerprint density at radius 3 is 2.32 bits per heavy atom. The minimum Gasteiger partial charge on any atom is -0.480 e. The van der Waals surface area contributed by atoms with Gasteiger partial charge in [0.15, 0.2) is 6.61 Å². The van der Waals surface area contributed by atoms with Crippen molar-refractivity contribution in [3.8, 4) is 0 Å². The summed E-state index contributed by atoms with van der Waals surface area (Å²) in [6.45, 7) is -0.411. The zero-order chi connectivity index (χ0) is 40.4. The molecule has 2 saturated carbocycles. The smallest absolute Gasteiger partial charge is 0.422 e. The number of rotatable bonds is 17. The van der Waals surface area contributed by atoms with Crippen molar-refractivity contribution in [1.82, 2.24) is 25.5 Å². The fourth-order valence-corrected chi connectivity index (χ4v) is 6.59. The number of alkyl halides is 3. The second kappa shape index (κ2) is 15.9. The minimum absolute atomic E-state index is 0.0175. The number of nitrogens with zero attached hydrogens (tertiary/aromatic N) is 4. The number of amidine groups is 1. The summed E-state index contributed by atoms with van der Waals surface area (Å²) in [6.07, 6.45) is 2.91. The van der Waals surface area contributed by atoms with Crippen LogP contribution in [0, 0.1) is 5.41 Å². The number of halogens is 4. The number of carboxylic acid groups (broad SMARTS) is 1. The number of benzene rings is 2. The highest BCUT2D eigenvalue weighted by atomic mass is 35.5. The number of carbonyl (C=O) groups excluding carboxylic acids is 1. The Kier molecular flexibility index (Phi) is 11.0. The maximum Gasteiger partial charge on any atom is 0.422 e. The molecule has 7 N–H and O–H groups in total. The predicted octanol–water partition coefficient (Wildman–Crippen LogP) is 3.58. The van der Waals surface area contributed by atoms with Gasteiger partial charge in [0.05, 0.1) is 6.33 Å². The molecule has 2 atom stereocenters. The maximum atomic E-state index is 13.1. The molecule has 3 aliphatic rings. The van der Waals surface area contributed by atoms with E-state index in [1.807, 2.05) is 22.9 Å². The zero-order valence-electron chi connectivity index (χ0n) is 30.2. The molecule has 1 unspecified atom stereocenters. The molecule has 4 aromatic rings. The quantitative estimate of drug-likeness (QED) is 0.0764. The van der Waals surface area contributed by atoms with Crippen LogP contribution >= 0.6 is 11.6 Å². The van der Waals surface area contributed by atoms with E-state index < -0.39 is 59.4 Å². The number of aliphatic imine (C=N–C) groups is 2. The Bertz CT molecular complexity index is 2230. The fraction of sp³-hybridized carbons (Fsp3) is 0.378. The molecule has 2 fully saturated rings. The van der Waals surface area contributed by atoms with Gasteiger partial charge in [0, 0.05) is 59.3 Å². The highest BCUT2D eigenvalue weighted by Crippen LogP contribution is 2.47. The third-order valence-corrected chi connectivity index (χ3v) is 10.2. The van der Waals surface area contributed by atoms with Crippen molar-refractivity contribution in [2.75, 3.05) is 35.6 Å². The van der Waals surface area contributed by atoms with E-state index in [4.69, 9.17) is 16.3 Å². The van der Waals surface area contributed by atoms with E-state index in [1.54, 1.807) is 24.7 Å². The number of hydrogen-bond acceptors (Lipinski definition) is 13. The van der Waals surface area contributed by atoms with Gasteiger partial charge in [-0.25, -0.2) is 14.8 Å². The number of imidazole rings is 1. The molecule has 2 aliphatic carbocycles. The first-order valence-corrected chi connectivity index (χ1v) is 18.4. The molecule has 0 bridgehead atoms. The molecule has 2 heterocycles. The molecule has 0 radical (unpaired) electrons. The summed E-state index contributed by atoms with van der Waals surface area (Å²) in [5.74, 6) is -1.98. The summed E-state index contributed by atoms with van der Waals surface area (Å²) in [4.78, 5) is 62.5. The topological polar surface area (TPSA) is 212 Å². The number of nitrogens with one attached hydrogen (secondary N) is 6. The summed E-state index contributed by atoms with van der Waals surface area (Å²) < 4.78 is 45.8.